The number of thiophene rings is 1. The number of benzene rings is 1. The van der Waals surface area contributed by atoms with Gasteiger partial charge in [-0.15, -0.1) is 11.3 Å². The summed E-state index contributed by atoms with van der Waals surface area (Å²) in [5.74, 6) is 0. The first-order valence-electron chi connectivity index (χ1n) is 5.98. The average Bonchev–Trinajstić information content (AvgIpc) is 2.93. The van der Waals surface area contributed by atoms with Crippen molar-refractivity contribution in [3.8, 4) is 27.0 Å². The van der Waals surface area contributed by atoms with Crippen LogP contribution in [0.2, 0.25) is 5.02 Å². The van der Waals surface area contributed by atoms with Crippen molar-refractivity contribution < 1.29 is 0 Å². The molecule has 0 atom stereocenters. The Hall–Kier alpha value is -2.15. The maximum Gasteiger partial charge on any atom is 0.101 e. The van der Waals surface area contributed by atoms with Crippen molar-refractivity contribution in [3.05, 3.63) is 65.4 Å². The third-order valence-electron chi connectivity index (χ3n) is 2.90. The van der Waals surface area contributed by atoms with Crippen molar-refractivity contribution in [3.63, 3.8) is 0 Å². The van der Waals surface area contributed by atoms with E-state index in [1.165, 1.54) is 0 Å². The lowest BCUT2D eigenvalue weighted by atomic mass is 10.1. The predicted molar refractivity (Wildman–Crippen MR) is 82.7 cm³/mol. The van der Waals surface area contributed by atoms with Crippen LogP contribution in [0.5, 0.6) is 0 Å². The summed E-state index contributed by atoms with van der Waals surface area (Å²) in [5, 5.41) is 10.0. The maximum atomic E-state index is 9.30. The van der Waals surface area contributed by atoms with E-state index in [2.05, 4.69) is 11.1 Å². The molecule has 0 fully saturated rings. The van der Waals surface area contributed by atoms with Crippen LogP contribution in [0.3, 0.4) is 0 Å². The standard InChI is InChI=1S/C16H9ClN2S/c17-14-5-3-11(4-6-14)15-8-13(9-18)16(20-15)12-2-1-7-19-10-12/h1-8,10H. The van der Waals surface area contributed by atoms with Crippen molar-refractivity contribution in [2.45, 2.75) is 0 Å². The Bertz CT molecular complexity index is 770. The first-order valence-corrected chi connectivity index (χ1v) is 7.17. The molecule has 3 aromatic rings. The number of pyridine rings is 1. The van der Waals surface area contributed by atoms with E-state index in [9.17, 15) is 5.26 Å². The quantitative estimate of drug-likeness (QED) is 0.667. The molecule has 2 nitrogen and oxygen atoms in total. The molecule has 0 spiro atoms. The molecule has 2 aromatic heterocycles. The SMILES string of the molecule is N#Cc1cc(-c2ccc(Cl)cc2)sc1-c1cccnc1. The van der Waals surface area contributed by atoms with Gasteiger partial charge in [0.15, 0.2) is 0 Å². The van der Waals surface area contributed by atoms with E-state index in [1.807, 2.05) is 42.5 Å². The fraction of sp³-hybridized carbons (Fsp3) is 0. The second-order valence-electron chi connectivity index (χ2n) is 4.21. The molecule has 0 radical (unpaired) electrons. The highest BCUT2D eigenvalue weighted by Gasteiger charge is 2.12. The fourth-order valence-corrected chi connectivity index (χ4v) is 3.17. The van der Waals surface area contributed by atoms with Crippen molar-refractivity contribution in [1.82, 2.24) is 4.98 Å². The summed E-state index contributed by atoms with van der Waals surface area (Å²) >= 11 is 7.49. The third-order valence-corrected chi connectivity index (χ3v) is 4.39. The molecule has 0 aliphatic carbocycles. The van der Waals surface area contributed by atoms with E-state index in [1.54, 1.807) is 23.7 Å². The van der Waals surface area contributed by atoms with Crippen LogP contribution in [-0.2, 0) is 0 Å². The smallest absolute Gasteiger partial charge is 0.101 e. The Morgan fingerprint density at radius 1 is 1.10 bits per heavy atom. The summed E-state index contributed by atoms with van der Waals surface area (Å²) in [5.41, 5.74) is 2.70. The highest BCUT2D eigenvalue weighted by atomic mass is 35.5. The molecule has 0 N–H and O–H groups in total. The molecule has 0 amide bonds. The number of aromatic nitrogens is 1. The van der Waals surface area contributed by atoms with E-state index < -0.39 is 0 Å². The van der Waals surface area contributed by atoms with Crippen LogP contribution in [0.1, 0.15) is 5.56 Å². The minimum atomic E-state index is 0.674. The highest BCUT2D eigenvalue weighted by Crippen LogP contribution is 2.37. The number of hydrogen-bond acceptors (Lipinski definition) is 3. The van der Waals surface area contributed by atoms with Gasteiger partial charge in [-0.3, -0.25) is 4.98 Å². The van der Waals surface area contributed by atoms with Gasteiger partial charge in [-0.1, -0.05) is 29.8 Å². The van der Waals surface area contributed by atoms with Gasteiger partial charge < -0.3 is 0 Å². The second-order valence-corrected chi connectivity index (χ2v) is 5.70. The van der Waals surface area contributed by atoms with Crippen LogP contribution in [0.25, 0.3) is 20.9 Å². The van der Waals surface area contributed by atoms with Crippen LogP contribution in [0.4, 0.5) is 0 Å². The van der Waals surface area contributed by atoms with E-state index in [0.29, 0.717) is 10.6 Å². The average molecular weight is 297 g/mol. The zero-order valence-electron chi connectivity index (χ0n) is 10.4. The van der Waals surface area contributed by atoms with Gasteiger partial charge in [0.2, 0.25) is 0 Å². The molecule has 0 unspecified atom stereocenters. The Balaban J connectivity index is 2.10. The molecular weight excluding hydrogens is 288 g/mol. The molecule has 96 valence electrons. The second kappa shape index (κ2) is 5.46. The molecule has 0 aliphatic heterocycles. The predicted octanol–water partition coefficient (Wildman–Crippen LogP) is 5.00. The first kappa shape index (κ1) is 12.9. The first-order chi connectivity index (χ1) is 9.78. The van der Waals surface area contributed by atoms with Gasteiger partial charge >= 0.3 is 0 Å². The third kappa shape index (κ3) is 2.44. The van der Waals surface area contributed by atoms with Gasteiger partial charge in [-0.2, -0.15) is 5.26 Å². The topological polar surface area (TPSA) is 36.7 Å². The Kier molecular flexibility index (Phi) is 3.51. The monoisotopic (exact) mass is 296 g/mol. The van der Waals surface area contributed by atoms with Crippen molar-refractivity contribution in [1.29, 1.82) is 5.26 Å². The summed E-state index contributed by atoms with van der Waals surface area (Å²) in [6.07, 6.45) is 3.50. The molecule has 0 bridgehead atoms. The number of hydrogen-bond donors (Lipinski definition) is 0. The van der Waals surface area contributed by atoms with Crippen LogP contribution >= 0.6 is 22.9 Å². The lowest BCUT2D eigenvalue weighted by Gasteiger charge is -1.97. The number of nitrogens with zero attached hydrogens (tertiary/aromatic N) is 2. The minimum absolute atomic E-state index is 0.674. The summed E-state index contributed by atoms with van der Waals surface area (Å²) in [4.78, 5) is 6.11. The van der Waals surface area contributed by atoms with Gasteiger partial charge in [-0.05, 0) is 29.8 Å². The van der Waals surface area contributed by atoms with Gasteiger partial charge in [0, 0.05) is 27.9 Å². The van der Waals surface area contributed by atoms with Crippen molar-refractivity contribution >= 4 is 22.9 Å². The van der Waals surface area contributed by atoms with E-state index >= 15 is 0 Å². The van der Waals surface area contributed by atoms with Crippen LogP contribution in [0.15, 0.2) is 54.9 Å². The summed E-state index contributed by atoms with van der Waals surface area (Å²) < 4.78 is 0. The molecule has 0 aliphatic rings. The van der Waals surface area contributed by atoms with Crippen molar-refractivity contribution in [2.75, 3.05) is 0 Å². The largest absolute Gasteiger partial charge is 0.264 e. The zero-order chi connectivity index (χ0) is 13.9. The minimum Gasteiger partial charge on any atom is -0.264 e. The molecular formula is C16H9ClN2S. The summed E-state index contributed by atoms with van der Waals surface area (Å²) in [7, 11) is 0. The van der Waals surface area contributed by atoms with Crippen LogP contribution in [-0.4, -0.2) is 4.98 Å². The van der Waals surface area contributed by atoms with Gasteiger partial charge in [-0.25, -0.2) is 0 Å². The number of halogens is 1. The van der Waals surface area contributed by atoms with Gasteiger partial charge in [0.05, 0.1) is 10.4 Å². The Morgan fingerprint density at radius 3 is 2.55 bits per heavy atom. The van der Waals surface area contributed by atoms with E-state index in [-0.39, 0.29) is 0 Å². The molecule has 20 heavy (non-hydrogen) atoms. The normalized spacial score (nSPS) is 10.2. The highest BCUT2D eigenvalue weighted by molar-refractivity contribution is 7.19. The van der Waals surface area contributed by atoms with Crippen LogP contribution < -0.4 is 0 Å². The summed E-state index contributed by atoms with van der Waals surface area (Å²) in [6.45, 7) is 0. The Morgan fingerprint density at radius 2 is 1.90 bits per heavy atom. The maximum absolute atomic E-state index is 9.30. The van der Waals surface area contributed by atoms with Gasteiger partial charge in [0.1, 0.15) is 6.07 Å². The molecule has 0 saturated carbocycles. The molecule has 2 heterocycles. The lowest BCUT2D eigenvalue weighted by Crippen LogP contribution is -1.77. The van der Waals surface area contributed by atoms with E-state index in [4.69, 9.17) is 11.6 Å². The van der Waals surface area contributed by atoms with Crippen molar-refractivity contribution in [2.24, 2.45) is 0 Å². The number of rotatable bonds is 2. The Labute approximate surface area is 125 Å². The van der Waals surface area contributed by atoms with Gasteiger partial charge in [0.25, 0.3) is 0 Å². The number of nitriles is 1. The lowest BCUT2D eigenvalue weighted by molar-refractivity contribution is 1.33. The fourth-order valence-electron chi connectivity index (χ4n) is 1.94. The molecule has 4 heteroatoms. The van der Waals surface area contributed by atoms with Crippen LogP contribution in [0, 0.1) is 11.3 Å². The van der Waals surface area contributed by atoms with E-state index in [0.717, 1.165) is 20.9 Å². The molecule has 0 saturated heterocycles. The zero-order valence-corrected chi connectivity index (χ0v) is 11.9. The summed E-state index contributed by atoms with van der Waals surface area (Å²) in [6, 6.07) is 15.6. The molecule has 1 aromatic carbocycles. The molecule has 3 rings (SSSR count).